The van der Waals surface area contributed by atoms with Gasteiger partial charge in [0.2, 0.25) is 0 Å². The van der Waals surface area contributed by atoms with E-state index in [-0.39, 0.29) is 0 Å². The Morgan fingerprint density at radius 1 is 1.33 bits per heavy atom. The normalized spacial score (nSPS) is 12.2. The van der Waals surface area contributed by atoms with Crippen LogP contribution in [0.25, 0.3) is 0 Å². The van der Waals surface area contributed by atoms with Gasteiger partial charge in [0.25, 0.3) is 0 Å². The van der Waals surface area contributed by atoms with Gasteiger partial charge < -0.3 is 5.11 Å². The lowest BCUT2D eigenvalue weighted by Gasteiger charge is -2.04. The summed E-state index contributed by atoms with van der Waals surface area (Å²) < 4.78 is 0. The van der Waals surface area contributed by atoms with Gasteiger partial charge in [0.15, 0.2) is 0 Å². The molecule has 1 nitrogen and oxygen atoms in total. The average Bonchev–Trinajstić information content (AvgIpc) is 2.08. The van der Waals surface area contributed by atoms with Crippen LogP contribution in [-0.4, -0.2) is 5.11 Å². The molecule has 1 N–H and O–H groups in total. The van der Waals surface area contributed by atoms with Gasteiger partial charge in [-0.05, 0) is 17.7 Å². The van der Waals surface area contributed by atoms with Crippen molar-refractivity contribution in [1.82, 2.24) is 0 Å². The maximum Gasteiger partial charge on any atom is 0.140 e. The number of aliphatic hydroxyl groups excluding tert-OH is 1. The molecular weight excluding hydrogens is 195 g/mol. The Balaban J connectivity index is 3.06. The monoisotopic (exact) mass is 200 g/mol. The number of aliphatic hydroxyl groups is 1. The number of terminal acetylenes is 1. The molecule has 0 aliphatic heterocycles. The Morgan fingerprint density at radius 2 is 2.00 bits per heavy atom. The van der Waals surface area contributed by atoms with Gasteiger partial charge in [-0.3, -0.25) is 0 Å². The van der Waals surface area contributed by atoms with E-state index in [0.717, 1.165) is 0 Å². The third kappa shape index (κ3) is 1.92. The van der Waals surface area contributed by atoms with Gasteiger partial charge in [-0.25, -0.2) is 0 Å². The van der Waals surface area contributed by atoms with Crippen LogP contribution in [0.4, 0.5) is 0 Å². The molecule has 0 amide bonds. The SMILES string of the molecule is C#CC(O)c1ccc(Cl)c(Cl)c1. The third-order valence-electron chi connectivity index (χ3n) is 1.42. The van der Waals surface area contributed by atoms with Crippen LogP contribution in [0.3, 0.4) is 0 Å². The van der Waals surface area contributed by atoms with E-state index in [1.807, 2.05) is 0 Å². The van der Waals surface area contributed by atoms with E-state index in [0.29, 0.717) is 15.6 Å². The van der Waals surface area contributed by atoms with Crippen molar-refractivity contribution in [3.8, 4) is 12.3 Å². The van der Waals surface area contributed by atoms with Crippen molar-refractivity contribution >= 4 is 23.2 Å². The zero-order chi connectivity index (χ0) is 9.14. The van der Waals surface area contributed by atoms with Crippen molar-refractivity contribution in [1.29, 1.82) is 0 Å². The van der Waals surface area contributed by atoms with Gasteiger partial charge in [-0.1, -0.05) is 35.2 Å². The molecule has 0 spiro atoms. The molecule has 0 saturated carbocycles. The van der Waals surface area contributed by atoms with E-state index in [2.05, 4.69) is 5.92 Å². The first-order valence-electron chi connectivity index (χ1n) is 3.24. The molecule has 1 atom stereocenters. The summed E-state index contributed by atoms with van der Waals surface area (Å²) in [5.74, 6) is 2.18. The molecule has 0 aromatic heterocycles. The average molecular weight is 201 g/mol. The second-order valence-corrected chi connectivity index (χ2v) is 3.06. The Hall–Kier alpha value is -0.680. The zero-order valence-electron chi connectivity index (χ0n) is 6.09. The van der Waals surface area contributed by atoms with E-state index in [1.165, 1.54) is 0 Å². The van der Waals surface area contributed by atoms with Crippen LogP contribution in [0.1, 0.15) is 11.7 Å². The summed E-state index contributed by atoms with van der Waals surface area (Å²) in [5, 5.41) is 10.0. The van der Waals surface area contributed by atoms with Crippen LogP contribution in [0.2, 0.25) is 10.0 Å². The van der Waals surface area contributed by atoms with Crippen molar-refractivity contribution in [3.63, 3.8) is 0 Å². The molecule has 1 rings (SSSR count). The predicted molar refractivity (Wildman–Crippen MR) is 50.3 cm³/mol. The minimum absolute atomic E-state index is 0.392. The van der Waals surface area contributed by atoms with Crippen LogP contribution in [0.15, 0.2) is 18.2 Å². The molecule has 1 aromatic carbocycles. The highest BCUT2D eigenvalue weighted by Crippen LogP contribution is 2.25. The Morgan fingerprint density at radius 3 is 2.50 bits per heavy atom. The van der Waals surface area contributed by atoms with E-state index < -0.39 is 6.10 Å². The minimum Gasteiger partial charge on any atom is -0.376 e. The topological polar surface area (TPSA) is 20.2 Å². The molecule has 62 valence electrons. The summed E-state index contributed by atoms with van der Waals surface area (Å²) in [6.45, 7) is 0. The van der Waals surface area contributed by atoms with Gasteiger partial charge in [-0.15, -0.1) is 6.42 Å². The molecule has 12 heavy (non-hydrogen) atoms. The lowest BCUT2D eigenvalue weighted by molar-refractivity contribution is 0.238. The number of rotatable bonds is 1. The molecule has 1 unspecified atom stereocenters. The largest absolute Gasteiger partial charge is 0.376 e. The van der Waals surface area contributed by atoms with Crippen molar-refractivity contribution < 1.29 is 5.11 Å². The first-order valence-corrected chi connectivity index (χ1v) is 4.00. The van der Waals surface area contributed by atoms with E-state index >= 15 is 0 Å². The number of hydrogen-bond donors (Lipinski definition) is 1. The van der Waals surface area contributed by atoms with Crippen LogP contribution in [0.5, 0.6) is 0 Å². The fourth-order valence-corrected chi connectivity index (χ4v) is 1.09. The second-order valence-electron chi connectivity index (χ2n) is 2.24. The van der Waals surface area contributed by atoms with Crippen molar-refractivity contribution in [3.05, 3.63) is 33.8 Å². The first-order chi connectivity index (χ1) is 5.65. The summed E-state index contributed by atoms with van der Waals surface area (Å²) in [7, 11) is 0. The maximum absolute atomic E-state index is 9.21. The van der Waals surface area contributed by atoms with Gasteiger partial charge in [0, 0.05) is 0 Å². The van der Waals surface area contributed by atoms with Crippen LogP contribution < -0.4 is 0 Å². The highest BCUT2D eigenvalue weighted by molar-refractivity contribution is 6.42. The molecule has 1 aromatic rings. The van der Waals surface area contributed by atoms with Gasteiger partial charge in [0.05, 0.1) is 10.0 Å². The maximum atomic E-state index is 9.21. The highest BCUT2D eigenvalue weighted by Gasteiger charge is 2.05. The van der Waals surface area contributed by atoms with E-state index in [1.54, 1.807) is 18.2 Å². The summed E-state index contributed by atoms with van der Waals surface area (Å²) in [6.07, 6.45) is 4.10. The van der Waals surface area contributed by atoms with Gasteiger partial charge >= 0.3 is 0 Å². The van der Waals surface area contributed by atoms with E-state index in [4.69, 9.17) is 29.6 Å². The van der Waals surface area contributed by atoms with Crippen LogP contribution in [-0.2, 0) is 0 Å². The Kier molecular flexibility index (Phi) is 2.99. The Labute approximate surface area is 80.9 Å². The zero-order valence-corrected chi connectivity index (χ0v) is 7.60. The number of hydrogen-bond acceptors (Lipinski definition) is 1. The molecule has 0 radical (unpaired) electrons. The second kappa shape index (κ2) is 3.82. The van der Waals surface area contributed by atoms with Gasteiger partial charge in [-0.2, -0.15) is 0 Å². The molecule has 0 aliphatic carbocycles. The summed E-state index contributed by atoms with van der Waals surface area (Å²) in [4.78, 5) is 0. The van der Waals surface area contributed by atoms with Crippen molar-refractivity contribution in [2.24, 2.45) is 0 Å². The standard InChI is InChI=1S/C9H6Cl2O/c1-2-9(12)6-3-4-7(10)8(11)5-6/h1,3-5,9,12H. The lowest BCUT2D eigenvalue weighted by atomic mass is 10.1. The first kappa shape index (κ1) is 9.41. The Bertz CT molecular complexity index is 328. The van der Waals surface area contributed by atoms with Crippen LogP contribution >= 0.6 is 23.2 Å². The molecule has 0 bridgehead atoms. The van der Waals surface area contributed by atoms with Crippen molar-refractivity contribution in [2.75, 3.05) is 0 Å². The molecule has 0 heterocycles. The summed E-state index contributed by atoms with van der Waals surface area (Å²) in [5.41, 5.74) is 0.576. The lowest BCUT2D eigenvalue weighted by Crippen LogP contribution is -1.92. The highest BCUT2D eigenvalue weighted by atomic mass is 35.5. The quantitative estimate of drug-likeness (QED) is 0.692. The van der Waals surface area contributed by atoms with Crippen molar-refractivity contribution in [2.45, 2.75) is 6.10 Å². The molecule has 0 saturated heterocycles. The molecule has 0 aliphatic rings. The van der Waals surface area contributed by atoms with E-state index in [9.17, 15) is 5.11 Å². The summed E-state index contributed by atoms with van der Waals surface area (Å²) in [6, 6.07) is 4.78. The fraction of sp³-hybridized carbons (Fsp3) is 0.111. The minimum atomic E-state index is -0.917. The van der Waals surface area contributed by atoms with Gasteiger partial charge in [0.1, 0.15) is 6.10 Å². The predicted octanol–water partition coefficient (Wildman–Crippen LogP) is 2.66. The smallest absolute Gasteiger partial charge is 0.140 e. The fourth-order valence-electron chi connectivity index (χ4n) is 0.779. The third-order valence-corrected chi connectivity index (χ3v) is 2.16. The number of halogens is 2. The summed E-state index contributed by atoms with van der Waals surface area (Å²) >= 11 is 11.4. The molecule has 3 heteroatoms. The van der Waals surface area contributed by atoms with Crippen LogP contribution in [0, 0.1) is 12.3 Å². The molecule has 0 fully saturated rings. The molecular formula is C9H6Cl2O. The number of benzene rings is 1.